The van der Waals surface area contributed by atoms with Crippen molar-refractivity contribution in [3.8, 4) is 0 Å². The maximum absolute atomic E-state index is 10.9. The SMILES string of the molecule is Cn1ncc(CNc2ccc(Cl)cc2[N+](=O)[O-])c1N. The van der Waals surface area contributed by atoms with Crippen LogP contribution in [-0.4, -0.2) is 14.7 Å². The zero-order valence-corrected chi connectivity index (χ0v) is 10.9. The second-order valence-corrected chi connectivity index (χ2v) is 4.39. The quantitative estimate of drug-likeness (QED) is 0.661. The molecule has 0 unspecified atom stereocenters. The van der Waals surface area contributed by atoms with Gasteiger partial charge in [0.15, 0.2) is 0 Å². The average Bonchev–Trinajstić information content (AvgIpc) is 2.68. The van der Waals surface area contributed by atoms with Crippen LogP contribution in [-0.2, 0) is 13.6 Å². The normalized spacial score (nSPS) is 10.4. The summed E-state index contributed by atoms with van der Waals surface area (Å²) >= 11 is 5.74. The maximum atomic E-state index is 10.9. The van der Waals surface area contributed by atoms with E-state index in [1.165, 1.54) is 10.7 Å². The van der Waals surface area contributed by atoms with Crippen LogP contribution in [0, 0.1) is 10.1 Å². The molecule has 0 amide bonds. The van der Waals surface area contributed by atoms with Gasteiger partial charge in [0.2, 0.25) is 0 Å². The zero-order valence-electron chi connectivity index (χ0n) is 10.1. The summed E-state index contributed by atoms with van der Waals surface area (Å²) in [5.74, 6) is 0.518. The van der Waals surface area contributed by atoms with Crippen molar-refractivity contribution in [2.24, 2.45) is 7.05 Å². The summed E-state index contributed by atoms with van der Waals surface area (Å²) in [5, 5.41) is 18.2. The highest BCUT2D eigenvalue weighted by atomic mass is 35.5. The Morgan fingerprint density at radius 1 is 1.58 bits per heavy atom. The van der Waals surface area contributed by atoms with Crippen molar-refractivity contribution in [1.82, 2.24) is 9.78 Å². The van der Waals surface area contributed by atoms with Crippen LogP contribution < -0.4 is 11.1 Å². The molecule has 1 heterocycles. The summed E-state index contributed by atoms with van der Waals surface area (Å²) < 4.78 is 1.54. The van der Waals surface area contributed by atoms with E-state index in [0.29, 0.717) is 23.1 Å². The predicted molar refractivity (Wildman–Crippen MR) is 73.1 cm³/mol. The fourth-order valence-electron chi connectivity index (χ4n) is 1.62. The van der Waals surface area contributed by atoms with Gasteiger partial charge >= 0.3 is 0 Å². The number of hydrogen-bond acceptors (Lipinski definition) is 5. The summed E-state index contributed by atoms with van der Waals surface area (Å²) in [4.78, 5) is 10.4. The van der Waals surface area contributed by atoms with E-state index in [0.717, 1.165) is 5.56 Å². The van der Waals surface area contributed by atoms with Crippen molar-refractivity contribution in [2.75, 3.05) is 11.1 Å². The number of anilines is 2. The number of rotatable bonds is 4. The number of nitrogens with zero attached hydrogens (tertiary/aromatic N) is 3. The van der Waals surface area contributed by atoms with Gasteiger partial charge < -0.3 is 11.1 Å². The van der Waals surface area contributed by atoms with Crippen LogP contribution in [0.2, 0.25) is 5.02 Å². The van der Waals surface area contributed by atoms with Gasteiger partial charge in [0.1, 0.15) is 11.5 Å². The van der Waals surface area contributed by atoms with E-state index >= 15 is 0 Å². The molecular weight excluding hydrogens is 270 g/mol. The van der Waals surface area contributed by atoms with E-state index in [4.69, 9.17) is 17.3 Å². The molecule has 0 aliphatic heterocycles. The lowest BCUT2D eigenvalue weighted by Gasteiger charge is -2.07. The standard InChI is InChI=1S/C11H12ClN5O2/c1-16-11(13)7(6-15-16)5-14-9-3-2-8(12)4-10(9)17(18)19/h2-4,6,14H,5,13H2,1H3. The fourth-order valence-corrected chi connectivity index (χ4v) is 1.79. The Morgan fingerprint density at radius 2 is 2.32 bits per heavy atom. The second kappa shape index (κ2) is 5.15. The van der Waals surface area contributed by atoms with Gasteiger partial charge in [-0.05, 0) is 12.1 Å². The van der Waals surface area contributed by atoms with Crippen molar-refractivity contribution in [2.45, 2.75) is 6.54 Å². The Kier molecular flexibility index (Phi) is 3.57. The molecule has 19 heavy (non-hydrogen) atoms. The first-order valence-corrected chi connectivity index (χ1v) is 5.81. The number of nitrogens with one attached hydrogen (secondary N) is 1. The molecule has 0 aliphatic carbocycles. The number of nitrogens with two attached hydrogens (primary N) is 1. The number of aromatic nitrogens is 2. The molecule has 1 aromatic carbocycles. The van der Waals surface area contributed by atoms with E-state index in [1.807, 2.05) is 0 Å². The maximum Gasteiger partial charge on any atom is 0.293 e. The minimum Gasteiger partial charge on any atom is -0.384 e. The molecule has 3 N–H and O–H groups in total. The predicted octanol–water partition coefficient (Wildman–Crippen LogP) is 2.18. The van der Waals surface area contributed by atoms with Crippen molar-refractivity contribution < 1.29 is 4.92 Å². The molecule has 8 heteroatoms. The molecule has 0 atom stereocenters. The van der Waals surface area contributed by atoms with Crippen LogP contribution in [0.4, 0.5) is 17.2 Å². The Bertz CT molecular complexity index is 626. The van der Waals surface area contributed by atoms with Gasteiger partial charge in [-0.2, -0.15) is 5.10 Å². The summed E-state index contributed by atoms with van der Waals surface area (Å²) in [7, 11) is 1.73. The molecule has 0 spiro atoms. The van der Waals surface area contributed by atoms with Gasteiger partial charge in [0, 0.05) is 30.2 Å². The molecule has 1 aromatic heterocycles. The molecule has 0 fully saturated rings. The highest BCUT2D eigenvalue weighted by Gasteiger charge is 2.14. The van der Waals surface area contributed by atoms with Gasteiger partial charge in [-0.25, -0.2) is 0 Å². The molecule has 7 nitrogen and oxygen atoms in total. The number of nitrogen functional groups attached to an aromatic ring is 1. The van der Waals surface area contributed by atoms with E-state index in [2.05, 4.69) is 10.4 Å². The lowest BCUT2D eigenvalue weighted by Crippen LogP contribution is -2.05. The smallest absolute Gasteiger partial charge is 0.293 e. The fraction of sp³-hybridized carbons (Fsp3) is 0.182. The van der Waals surface area contributed by atoms with Crippen LogP contribution in [0.3, 0.4) is 0 Å². The third kappa shape index (κ3) is 2.76. The molecule has 0 bridgehead atoms. The topological polar surface area (TPSA) is 99.0 Å². The number of nitro groups is 1. The van der Waals surface area contributed by atoms with Gasteiger partial charge in [0.25, 0.3) is 5.69 Å². The Morgan fingerprint density at radius 3 is 2.89 bits per heavy atom. The van der Waals surface area contributed by atoms with E-state index < -0.39 is 4.92 Å². The number of halogens is 1. The lowest BCUT2D eigenvalue weighted by atomic mass is 10.2. The lowest BCUT2D eigenvalue weighted by molar-refractivity contribution is -0.383. The molecule has 0 radical (unpaired) electrons. The van der Waals surface area contributed by atoms with Crippen molar-refractivity contribution in [3.63, 3.8) is 0 Å². The van der Waals surface area contributed by atoms with Gasteiger partial charge in [-0.15, -0.1) is 0 Å². The minimum atomic E-state index is -0.485. The number of aryl methyl sites for hydroxylation is 1. The molecule has 0 aliphatic rings. The first-order valence-electron chi connectivity index (χ1n) is 5.43. The monoisotopic (exact) mass is 281 g/mol. The van der Waals surface area contributed by atoms with Crippen molar-refractivity contribution in [3.05, 3.63) is 45.1 Å². The Labute approximate surface area is 114 Å². The molecule has 0 saturated heterocycles. The van der Waals surface area contributed by atoms with Crippen LogP contribution in [0.25, 0.3) is 0 Å². The first kappa shape index (κ1) is 13.2. The third-order valence-corrected chi connectivity index (χ3v) is 2.93. The van der Waals surface area contributed by atoms with Crippen molar-refractivity contribution >= 4 is 28.8 Å². The summed E-state index contributed by atoms with van der Waals surface area (Å²) in [6.07, 6.45) is 1.62. The molecule has 0 saturated carbocycles. The Hall–Kier alpha value is -2.28. The highest BCUT2D eigenvalue weighted by Crippen LogP contribution is 2.28. The van der Waals surface area contributed by atoms with E-state index in [1.54, 1.807) is 25.4 Å². The summed E-state index contributed by atoms with van der Waals surface area (Å²) in [6.45, 7) is 0.349. The molecule has 2 aromatic rings. The van der Waals surface area contributed by atoms with Crippen LogP contribution in [0.15, 0.2) is 24.4 Å². The molecule has 100 valence electrons. The zero-order chi connectivity index (χ0) is 14.0. The van der Waals surface area contributed by atoms with E-state index in [-0.39, 0.29) is 5.69 Å². The van der Waals surface area contributed by atoms with Crippen LogP contribution in [0.1, 0.15) is 5.56 Å². The largest absolute Gasteiger partial charge is 0.384 e. The minimum absolute atomic E-state index is 0.0741. The number of hydrogen-bond donors (Lipinski definition) is 2. The van der Waals surface area contributed by atoms with Crippen LogP contribution in [0.5, 0.6) is 0 Å². The molecular formula is C11H12ClN5O2. The van der Waals surface area contributed by atoms with Gasteiger partial charge in [-0.3, -0.25) is 14.8 Å². The summed E-state index contributed by atoms with van der Waals surface area (Å²) in [6, 6.07) is 4.45. The van der Waals surface area contributed by atoms with Gasteiger partial charge in [0.05, 0.1) is 11.1 Å². The highest BCUT2D eigenvalue weighted by molar-refractivity contribution is 6.30. The van der Waals surface area contributed by atoms with Crippen LogP contribution >= 0.6 is 11.6 Å². The molecule has 2 rings (SSSR count). The first-order chi connectivity index (χ1) is 8.99. The van der Waals surface area contributed by atoms with Crippen molar-refractivity contribution in [1.29, 1.82) is 0 Å². The second-order valence-electron chi connectivity index (χ2n) is 3.95. The Balaban J connectivity index is 2.20. The third-order valence-electron chi connectivity index (χ3n) is 2.69. The summed E-state index contributed by atoms with van der Waals surface area (Å²) in [5.41, 5.74) is 6.88. The number of benzene rings is 1. The average molecular weight is 282 g/mol. The van der Waals surface area contributed by atoms with E-state index in [9.17, 15) is 10.1 Å². The number of nitro benzene ring substituents is 1. The van der Waals surface area contributed by atoms with Gasteiger partial charge in [-0.1, -0.05) is 11.6 Å².